The van der Waals surface area contributed by atoms with Crippen LogP contribution in [0.2, 0.25) is 0 Å². The van der Waals surface area contributed by atoms with Crippen LogP contribution >= 0.6 is 0 Å². The second-order valence-electron chi connectivity index (χ2n) is 10.9. The molecule has 4 aliphatic rings. The van der Waals surface area contributed by atoms with Crippen LogP contribution in [0.1, 0.15) is 43.7 Å². The SMILES string of the molecule is CCN1C(=O)[C@H]2[C@H](CC=C3[C@H]2C[C@H]2C(=O)N(c4ccccc4)C(=O)[C@@]2(C)[C@H]3c2cccc(C)c2O)C1=O. The molecule has 6 atom stereocenters. The molecule has 2 aliphatic carbocycles. The zero-order valence-corrected chi connectivity index (χ0v) is 21.2. The van der Waals surface area contributed by atoms with Crippen LogP contribution in [-0.4, -0.2) is 40.2 Å². The maximum Gasteiger partial charge on any atom is 0.241 e. The molecular weight excluding hydrogens is 468 g/mol. The summed E-state index contributed by atoms with van der Waals surface area (Å²) in [5.74, 6) is -3.50. The number of phenolic OH excluding ortho intramolecular Hbond substituents is 1. The maximum atomic E-state index is 14.2. The van der Waals surface area contributed by atoms with E-state index in [1.54, 1.807) is 44.2 Å². The number of anilines is 1. The van der Waals surface area contributed by atoms with E-state index < -0.39 is 29.1 Å². The molecule has 7 heteroatoms. The number of nitrogens with zero attached hydrogens (tertiary/aromatic N) is 2. The van der Waals surface area contributed by atoms with Crippen molar-refractivity contribution in [2.24, 2.45) is 29.1 Å². The van der Waals surface area contributed by atoms with E-state index in [-0.39, 0.29) is 35.3 Å². The molecule has 1 N–H and O–H groups in total. The van der Waals surface area contributed by atoms with Crippen molar-refractivity contribution < 1.29 is 24.3 Å². The molecular formula is C30H30N2O5. The molecule has 7 nitrogen and oxygen atoms in total. The summed E-state index contributed by atoms with van der Waals surface area (Å²) < 4.78 is 0. The summed E-state index contributed by atoms with van der Waals surface area (Å²) in [4.78, 5) is 57.3. The summed E-state index contributed by atoms with van der Waals surface area (Å²) in [6.07, 6.45) is 2.73. The van der Waals surface area contributed by atoms with E-state index in [2.05, 4.69) is 0 Å². The molecule has 2 aromatic carbocycles. The van der Waals surface area contributed by atoms with Crippen LogP contribution in [0.3, 0.4) is 0 Å². The summed E-state index contributed by atoms with van der Waals surface area (Å²) in [5.41, 5.74) is 1.51. The van der Waals surface area contributed by atoms with Crippen LogP contribution in [0.5, 0.6) is 5.75 Å². The first-order valence-corrected chi connectivity index (χ1v) is 13.0. The zero-order valence-electron chi connectivity index (χ0n) is 21.2. The van der Waals surface area contributed by atoms with Gasteiger partial charge in [-0.2, -0.15) is 0 Å². The van der Waals surface area contributed by atoms with Crippen molar-refractivity contribution in [2.75, 3.05) is 11.4 Å². The molecule has 0 aromatic heterocycles. The molecule has 2 aromatic rings. The minimum atomic E-state index is -1.15. The first-order valence-electron chi connectivity index (χ1n) is 13.0. The Morgan fingerprint density at radius 3 is 2.38 bits per heavy atom. The van der Waals surface area contributed by atoms with Crippen LogP contribution in [0.25, 0.3) is 0 Å². The minimum absolute atomic E-state index is 0.0959. The van der Waals surface area contributed by atoms with Crippen molar-refractivity contribution in [3.63, 3.8) is 0 Å². The third-order valence-corrected chi connectivity index (χ3v) is 9.28. The summed E-state index contributed by atoms with van der Waals surface area (Å²) in [6, 6.07) is 14.4. The average Bonchev–Trinajstić information content (AvgIpc) is 3.26. The Balaban J connectivity index is 1.56. The van der Waals surface area contributed by atoms with Crippen LogP contribution < -0.4 is 4.90 Å². The van der Waals surface area contributed by atoms with Crippen LogP contribution in [-0.2, 0) is 19.2 Å². The molecule has 2 heterocycles. The fraction of sp³-hybridized carbons (Fsp3) is 0.400. The summed E-state index contributed by atoms with van der Waals surface area (Å²) >= 11 is 0. The number of imide groups is 2. The number of para-hydroxylation sites is 2. The molecule has 2 saturated heterocycles. The van der Waals surface area contributed by atoms with Crippen LogP contribution in [0.4, 0.5) is 5.69 Å². The Morgan fingerprint density at radius 2 is 1.68 bits per heavy atom. The average molecular weight is 499 g/mol. The van der Waals surface area contributed by atoms with Gasteiger partial charge >= 0.3 is 0 Å². The predicted octanol–water partition coefficient (Wildman–Crippen LogP) is 3.95. The van der Waals surface area contributed by atoms with Crippen molar-refractivity contribution >= 4 is 29.3 Å². The lowest BCUT2D eigenvalue weighted by Gasteiger charge is -2.49. The van der Waals surface area contributed by atoms with Gasteiger partial charge in [0.1, 0.15) is 5.75 Å². The quantitative estimate of drug-likeness (QED) is 0.511. The molecule has 0 unspecified atom stereocenters. The number of aromatic hydroxyl groups is 1. The number of amides is 4. The van der Waals surface area contributed by atoms with Gasteiger partial charge in [0, 0.05) is 18.0 Å². The third-order valence-electron chi connectivity index (χ3n) is 9.28. The van der Waals surface area contributed by atoms with Gasteiger partial charge in [0.15, 0.2) is 0 Å². The highest BCUT2D eigenvalue weighted by Crippen LogP contribution is 2.64. The second-order valence-corrected chi connectivity index (χ2v) is 10.9. The van der Waals surface area contributed by atoms with Crippen molar-refractivity contribution in [3.8, 4) is 5.75 Å². The summed E-state index contributed by atoms with van der Waals surface area (Å²) in [5, 5.41) is 11.2. The number of hydrogen-bond acceptors (Lipinski definition) is 5. The Morgan fingerprint density at radius 1 is 0.946 bits per heavy atom. The number of carbonyl (C=O) groups excluding carboxylic acids is 4. The largest absolute Gasteiger partial charge is 0.507 e. The lowest BCUT2D eigenvalue weighted by molar-refractivity contribution is -0.140. The van der Waals surface area contributed by atoms with Crippen molar-refractivity contribution in [1.29, 1.82) is 0 Å². The highest BCUT2D eigenvalue weighted by molar-refractivity contribution is 6.24. The molecule has 3 fully saturated rings. The molecule has 4 amide bonds. The van der Waals surface area contributed by atoms with Crippen LogP contribution in [0, 0.1) is 36.0 Å². The number of allylic oxidation sites excluding steroid dienone is 2. The van der Waals surface area contributed by atoms with Gasteiger partial charge in [-0.1, -0.05) is 48.0 Å². The molecule has 6 rings (SSSR count). The van der Waals surface area contributed by atoms with Crippen molar-refractivity contribution in [2.45, 2.75) is 39.5 Å². The van der Waals surface area contributed by atoms with Gasteiger partial charge in [-0.25, -0.2) is 4.90 Å². The molecule has 0 bridgehead atoms. The maximum absolute atomic E-state index is 14.2. The first kappa shape index (κ1) is 23.6. The zero-order chi connectivity index (χ0) is 26.2. The Kier molecular flexibility index (Phi) is 5.20. The minimum Gasteiger partial charge on any atom is -0.507 e. The van der Waals surface area contributed by atoms with E-state index in [0.29, 0.717) is 36.2 Å². The molecule has 190 valence electrons. The second kappa shape index (κ2) is 8.13. The van der Waals surface area contributed by atoms with Gasteiger partial charge in [0.05, 0.1) is 28.9 Å². The molecule has 0 spiro atoms. The number of benzene rings is 2. The molecule has 2 aliphatic heterocycles. The van der Waals surface area contributed by atoms with E-state index in [1.165, 1.54) is 9.80 Å². The number of phenols is 1. The predicted molar refractivity (Wildman–Crippen MR) is 136 cm³/mol. The molecule has 37 heavy (non-hydrogen) atoms. The smallest absolute Gasteiger partial charge is 0.241 e. The fourth-order valence-electron chi connectivity index (χ4n) is 7.47. The van der Waals surface area contributed by atoms with Gasteiger partial charge < -0.3 is 5.11 Å². The Labute approximate surface area is 215 Å². The number of hydrogen-bond donors (Lipinski definition) is 1. The summed E-state index contributed by atoms with van der Waals surface area (Å²) in [7, 11) is 0. The van der Waals surface area contributed by atoms with Gasteiger partial charge in [-0.15, -0.1) is 0 Å². The Hall–Kier alpha value is -3.74. The van der Waals surface area contributed by atoms with Gasteiger partial charge in [0.25, 0.3) is 0 Å². The monoisotopic (exact) mass is 498 g/mol. The number of aryl methyl sites for hydroxylation is 1. The van der Waals surface area contributed by atoms with Crippen molar-refractivity contribution in [3.05, 3.63) is 71.3 Å². The normalized spacial score (nSPS) is 32.8. The number of rotatable bonds is 3. The van der Waals surface area contributed by atoms with Crippen LogP contribution in [0.15, 0.2) is 60.2 Å². The summed E-state index contributed by atoms with van der Waals surface area (Å²) in [6.45, 7) is 5.75. The van der Waals surface area contributed by atoms with Gasteiger partial charge in [0.2, 0.25) is 23.6 Å². The highest BCUT2D eigenvalue weighted by atomic mass is 16.3. The van der Waals surface area contributed by atoms with E-state index in [9.17, 15) is 24.3 Å². The highest BCUT2D eigenvalue weighted by Gasteiger charge is 2.67. The lowest BCUT2D eigenvalue weighted by atomic mass is 9.51. The number of fused-ring (bicyclic) bond motifs is 4. The Bertz CT molecular complexity index is 1380. The third kappa shape index (κ3) is 3.00. The number of carbonyl (C=O) groups is 4. The van der Waals surface area contributed by atoms with E-state index in [0.717, 1.165) is 5.57 Å². The topological polar surface area (TPSA) is 95.0 Å². The number of likely N-dealkylation sites (tertiary alicyclic amines) is 1. The standard InChI is InChI=1S/C30H30N2O5/c1-4-31-26(34)19-14-13-18-21(23(19)28(31)36)15-22-27(35)32(17-10-6-5-7-11-17)29(37)30(22,3)24(18)20-12-8-9-16(2)25(20)33/h5-13,19,21-24,33H,4,14-15H2,1-3H3/t19-,21+,22-,23-,24+,30+/m0/s1. The van der Waals surface area contributed by atoms with E-state index >= 15 is 0 Å². The van der Waals surface area contributed by atoms with Gasteiger partial charge in [-0.3, -0.25) is 24.1 Å². The first-order chi connectivity index (χ1) is 17.7. The lowest BCUT2D eigenvalue weighted by Crippen LogP contribution is -2.48. The van der Waals surface area contributed by atoms with Gasteiger partial charge in [-0.05, 0) is 57.2 Å². The van der Waals surface area contributed by atoms with Crippen molar-refractivity contribution in [1.82, 2.24) is 4.90 Å². The molecule has 0 radical (unpaired) electrons. The molecule has 1 saturated carbocycles. The fourth-order valence-corrected chi connectivity index (χ4v) is 7.47. The van der Waals surface area contributed by atoms with E-state index in [4.69, 9.17) is 0 Å². The van der Waals surface area contributed by atoms with E-state index in [1.807, 2.05) is 31.2 Å².